The zero-order valence-corrected chi connectivity index (χ0v) is 24.9. The monoisotopic (exact) mass is 546 g/mol. The molecule has 1 saturated heterocycles. The first-order valence-electron chi connectivity index (χ1n) is 13.9. The van der Waals surface area contributed by atoms with Crippen molar-refractivity contribution in [3.63, 3.8) is 0 Å². The number of nitrogens with zero attached hydrogens (tertiary/aromatic N) is 2. The van der Waals surface area contributed by atoms with Crippen molar-refractivity contribution in [3.05, 3.63) is 35.9 Å². The van der Waals surface area contributed by atoms with Gasteiger partial charge in [0, 0.05) is 32.2 Å². The van der Waals surface area contributed by atoms with Gasteiger partial charge in [0.05, 0.1) is 12.6 Å². The van der Waals surface area contributed by atoms with Crippen LogP contribution in [-0.2, 0) is 25.6 Å². The average molecular weight is 547 g/mol. The Morgan fingerprint density at radius 1 is 1.15 bits per heavy atom. The van der Waals surface area contributed by atoms with Crippen LogP contribution in [0, 0.1) is 5.41 Å². The Bertz CT molecular complexity index is 890. The normalized spacial score (nSPS) is 16.4. The smallest absolute Gasteiger partial charge is 0.246 e. The fourth-order valence-electron chi connectivity index (χ4n) is 4.36. The van der Waals surface area contributed by atoms with Crippen molar-refractivity contribution in [3.8, 4) is 0 Å². The lowest BCUT2D eigenvalue weighted by molar-refractivity contribution is -0.142. The lowest BCUT2D eigenvalue weighted by atomic mass is 9.85. The van der Waals surface area contributed by atoms with Gasteiger partial charge in [0.1, 0.15) is 6.04 Å². The van der Waals surface area contributed by atoms with Gasteiger partial charge in [-0.2, -0.15) is 0 Å². The van der Waals surface area contributed by atoms with Crippen molar-refractivity contribution in [1.82, 2.24) is 31.1 Å². The molecule has 0 aliphatic carbocycles. The van der Waals surface area contributed by atoms with Crippen LogP contribution in [0.2, 0.25) is 0 Å². The van der Waals surface area contributed by atoms with Gasteiger partial charge >= 0.3 is 0 Å². The highest BCUT2D eigenvalue weighted by Crippen LogP contribution is 2.26. The highest BCUT2D eigenvalue weighted by molar-refractivity contribution is 5.90. The molecule has 1 aromatic carbocycles. The van der Waals surface area contributed by atoms with Gasteiger partial charge in [0.15, 0.2) is 0 Å². The predicted octanol–water partition coefficient (Wildman–Crippen LogP) is 1.16. The summed E-state index contributed by atoms with van der Waals surface area (Å²) in [4.78, 5) is 52.2. The van der Waals surface area contributed by atoms with Gasteiger partial charge in [-0.05, 0) is 58.2 Å². The van der Waals surface area contributed by atoms with E-state index in [0.29, 0.717) is 26.0 Å². The molecule has 3 atom stereocenters. The van der Waals surface area contributed by atoms with Crippen LogP contribution in [0.5, 0.6) is 0 Å². The maximum Gasteiger partial charge on any atom is 0.246 e. The van der Waals surface area contributed by atoms with Crippen molar-refractivity contribution in [2.45, 2.75) is 72.0 Å². The molecule has 1 fully saturated rings. The minimum Gasteiger partial charge on any atom is -0.359 e. The van der Waals surface area contributed by atoms with E-state index in [-0.39, 0.29) is 36.3 Å². The Morgan fingerprint density at radius 3 is 2.33 bits per heavy atom. The summed E-state index contributed by atoms with van der Waals surface area (Å²) in [5.74, 6) is -0.239. The maximum atomic E-state index is 13.7. The Labute approximate surface area is 234 Å². The summed E-state index contributed by atoms with van der Waals surface area (Å²) in [6.07, 6.45) is 3.18. The van der Waals surface area contributed by atoms with Gasteiger partial charge < -0.3 is 31.1 Å². The molecule has 0 radical (unpaired) electrons. The fourth-order valence-corrected chi connectivity index (χ4v) is 4.36. The minimum atomic E-state index is -0.637. The Balaban J connectivity index is 0.00000139. The lowest BCUT2D eigenvalue weighted by Gasteiger charge is -2.37. The lowest BCUT2D eigenvalue weighted by Crippen LogP contribution is -2.59. The predicted molar refractivity (Wildman–Crippen MR) is 155 cm³/mol. The number of hydrogen-bond donors (Lipinski definition) is 4. The third-order valence-corrected chi connectivity index (χ3v) is 6.80. The molecule has 0 bridgehead atoms. The van der Waals surface area contributed by atoms with E-state index in [2.05, 4.69) is 33.4 Å². The van der Waals surface area contributed by atoms with E-state index < -0.39 is 11.5 Å². The summed E-state index contributed by atoms with van der Waals surface area (Å²) in [6.45, 7) is 12.3. The van der Waals surface area contributed by atoms with Crippen LogP contribution in [-0.4, -0.2) is 98.9 Å². The maximum absolute atomic E-state index is 13.7. The topological polar surface area (TPSA) is 123 Å². The number of carbonyl (C=O) groups is 4. The van der Waals surface area contributed by atoms with Gasteiger partial charge in [-0.25, -0.2) is 0 Å². The highest BCUT2D eigenvalue weighted by Gasteiger charge is 2.40. The van der Waals surface area contributed by atoms with Crippen LogP contribution in [0.25, 0.3) is 0 Å². The number of rotatable bonds is 13. The van der Waals surface area contributed by atoms with E-state index >= 15 is 0 Å². The zero-order chi connectivity index (χ0) is 29.4. The molecule has 10 nitrogen and oxygen atoms in total. The van der Waals surface area contributed by atoms with E-state index in [1.165, 1.54) is 5.56 Å². The van der Waals surface area contributed by atoms with Crippen molar-refractivity contribution < 1.29 is 19.2 Å². The van der Waals surface area contributed by atoms with E-state index in [0.717, 1.165) is 25.8 Å². The molecule has 220 valence electrons. The Hall–Kier alpha value is -2.98. The van der Waals surface area contributed by atoms with Gasteiger partial charge in [0.2, 0.25) is 24.1 Å². The Morgan fingerprint density at radius 2 is 1.82 bits per heavy atom. The van der Waals surface area contributed by atoms with E-state index in [1.54, 1.807) is 21.0 Å². The summed E-state index contributed by atoms with van der Waals surface area (Å²) in [5, 5.41) is 11.3. The molecule has 4 N–H and O–H groups in total. The van der Waals surface area contributed by atoms with Crippen LogP contribution in [0.1, 0.15) is 53.0 Å². The number of benzene rings is 1. The van der Waals surface area contributed by atoms with Gasteiger partial charge in [-0.15, -0.1) is 0 Å². The van der Waals surface area contributed by atoms with Crippen LogP contribution >= 0.6 is 0 Å². The molecule has 4 amide bonds. The quantitative estimate of drug-likeness (QED) is 0.276. The number of hydrogen-bond acceptors (Lipinski definition) is 6. The molecule has 0 aromatic heterocycles. The molecule has 39 heavy (non-hydrogen) atoms. The van der Waals surface area contributed by atoms with E-state index in [1.807, 2.05) is 55.7 Å². The number of likely N-dealkylation sites (N-methyl/N-ethyl adjacent to an activating group) is 2. The number of nitrogens with one attached hydrogen (secondary N) is 4. The molecular formula is C29H50N6O4. The molecule has 0 saturated carbocycles. The van der Waals surface area contributed by atoms with Crippen LogP contribution in [0.3, 0.4) is 0 Å². The SMILES string of the molecule is CCNC=O.CNCC(=O)N(CCc1ccccc1)CC1CCCN1C(=O)C(NC(=O)[C@H](C)NC)C(C)(C)C. The standard InChI is InChI=1S/C26H43N5O3.C3H7NO/c1-19(28-6)24(33)29-23(26(2,3)4)25(34)31-15-10-13-21(31)18-30(22(32)17-27-5)16-14-20-11-8-7-9-12-20;1-2-4-3-5/h7-9,11-12,19,21,23,27-28H,10,13-18H2,1-6H3,(H,29,33);3H,2H2,1H3,(H,4,5)/t19-,21?,23?;/m0./s1. The molecule has 10 heteroatoms. The molecule has 0 spiro atoms. The summed E-state index contributed by atoms with van der Waals surface area (Å²) in [7, 11) is 3.49. The summed E-state index contributed by atoms with van der Waals surface area (Å²) in [6, 6.07) is 9.03. The minimum absolute atomic E-state index is 0.0289. The molecule has 2 unspecified atom stereocenters. The van der Waals surface area contributed by atoms with Crippen molar-refractivity contribution in [2.75, 3.05) is 46.8 Å². The third kappa shape index (κ3) is 11.7. The largest absolute Gasteiger partial charge is 0.359 e. The second-order valence-corrected chi connectivity index (χ2v) is 10.9. The number of amides is 4. The zero-order valence-electron chi connectivity index (χ0n) is 24.9. The van der Waals surface area contributed by atoms with Gasteiger partial charge in [-0.3, -0.25) is 19.2 Å². The van der Waals surface area contributed by atoms with Crippen molar-refractivity contribution in [2.24, 2.45) is 5.41 Å². The van der Waals surface area contributed by atoms with Crippen molar-refractivity contribution >= 4 is 24.1 Å². The molecule has 2 rings (SSSR count). The third-order valence-electron chi connectivity index (χ3n) is 6.80. The Kier molecular flexibility index (Phi) is 15.3. The summed E-state index contributed by atoms with van der Waals surface area (Å²) >= 11 is 0. The van der Waals surface area contributed by atoms with E-state index in [9.17, 15) is 19.2 Å². The first kappa shape index (κ1) is 34.0. The van der Waals surface area contributed by atoms with Crippen LogP contribution in [0.4, 0.5) is 0 Å². The first-order valence-corrected chi connectivity index (χ1v) is 13.9. The second kappa shape index (κ2) is 17.6. The number of likely N-dealkylation sites (tertiary alicyclic amines) is 1. The average Bonchev–Trinajstić information content (AvgIpc) is 3.37. The number of carbonyl (C=O) groups excluding carboxylic acids is 4. The molecule has 1 heterocycles. The molecule has 1 aromatic rings. The van der Waals surface area contributed by atoms with Gasteiger partial charge in [-0.1, -0.05) is 51.1 Å². The second-order valence-electron chi connectivity index (χ2n) is 10.9. The summed E-state index contributed by atoms with van der Waals surface area (Å²) in [5.41, 5.74) is 0.737. The van der Waals surface area contributed by atoms with Crippen LogP contribution < -0.4 is 21.3 Å². The first-order chi connectivity index (χ1) is 18.5. The highest BCUT2D eigenvalue weighted by atomic mass is 16.2. The fraction of sp³-hybridized carbons (Fsp3) is 0.655. The van der Waals surface area contributed by atoms with Gasteiger partial charge in [0.25, 0.3) is 0 Å². The van der Waals surface area contributed by atoms with E-state index in [4.69, 9.17) is 0 Å². The summed E-state index contributed by atoms with van der Waals surface area (Å²) < 4.78 is 0. The van der Waals surface area contributed by atoms with Crippen LogP contribution in [0.15, 0.2) is 30.3 Å². The van der Waals surface area contributed by atoms with Crippen molar-refractivity contribution in [1.29, 1.82) is 0 Å². The molecular weight excluding hydrogens is 496 g/mol. The molecule has 1 aliphatic heterocycles. The molecule has 1 aliphatic rings.